The van der Waals surface area contributed by atoms with Gasteiger partial charge in [0.15, 0.2) is 0 Å². The van der Waals surface area contributed by atoms with Gasteiger partial charge in [0.05, 0.1) is 29.8 Å². The SMILES string of the molecule is NC(=O)Cc1cnc2ccc(-c3c(-c4ccc(F)cc4)ncn3CCCO)cn12. The largest absolute Gasteiger partial charge is 0.396 e. The number of rotatable bonds is 7. The second kappa shape index (κ2) is 7.84. The minimum atomic E-state index is -0.433. The molecule has 0 saturated carbocycles. The molecule has 1 amide bonds. The number of hydrogen-bond acceptors (Lipinski definition) is 4. The Balaban J connectivity index is 1.86. The second-order valence-corrected chi connectivity index (χ2v) is 6.76. The number of pyridine rings is 1. The Morgan fingerprint density at radius 3 is 2.59 bits per heavy atom. The van der Waals surface area contributed by atoms with E-state index in [0.29, 0.717) is 30.0 Å². The number of aryl methyl sites for hydroxylation is 1. The molecule has 7 nitrogen and oxygen atoms in total. The molecule has 0 fully saturated rings. The van der Waals surface area contributed by atoms with Crippen LogP contribution in [0.5, 0.6) is 0 Å². The maximum absolute atomic E-state index is 13.4. The number of aromatic nitrogens is 4. The summed E-state index contributed by atoms with van der Waals surface area (Å²) in [5, 5.41) is 9.25. The summed E-state index contributed by atoms with van der Waals surface area (Å²) in [5.41, 5.74) is 9.93. The highest BCUT2D eigenvalue weighted by Crippen LogP contribution is 2.32. The molecular formula is C21H20FN5O2. The molecule has 0 bridgehead atoms. The Morgan fingerprint density at radius 2 is 1.86 bits per heavy atom. The first-order valence-corrected chi connectivity index (χ1v) is 9.23. The molecule has 29 heavy (non-hydrogen) atoms. The summed E-state index contributed by atoms with van der Waals surface area (Å²) in [6, 6.07) is 9.96. The van der Waals surface area contributed by atoms with Crippen molar-refractivity contribution in [2.24, 2.45) is 5.73 Å². The first-order valence-electron chi connectivity index (χ1n) is 9.23. The van der Waals surface area contributed by atoms with Gasteiger partial charge >= 0.3 is 0 Å². The Labute approximate surface area is 166 Å². The van der Waals surface area contributed by atoms with Crippen LogP contribution in [-0.4, -0.2) is 36.6 Å². The summed E-state index contributed by atoms with van der Waals surface area (Å²) >= 11 is 0. The van der Waals surface area contributed by atoms with Crippen molar-refractivity contribution in [2.75, 3.05) is 6.61 Å². The van der Waals surface area contributed by atoms with Crippen LogP contribution in [0.1, 0.15) is 12.1 Å². The zero-order valence-electron chi connectivity index (χ0n) is 15.6. The third kappa shape index (κ3) is 3.74. The number of benzene rings is 1. The van der Waals surface area contributed by atoms with Gasteiger partial charge in [-0.25, -0.2) is 14.4 Å². The van der Waals surface area contributed by atoms with E-state index in [1.807, 2.05) is 27.3 Å². The number of fused-ring (bicyclic) bond motifs is 1. The lowest BCUT2D eigenvalue weighted by Gasteiger charge is -2.11. The summed E-state index contributed by atoms with van der Waals surface area (Å²) in [7, 11) is 0. The summed E-state index contributed by atoms with van der Waals surface area (Å²) < 4.78 is 17.2. The van der Waals surface area contributed by atoms with Crippen LogP contribution in [-0.2, 0) is 17.8 Å². The Bertz CT molecular complexity index is 1160. The second-order valence-electron chi connectivity index (χ2n) is 6.76. The fourth-order valence-electron chi connectivity index (χ4n) is 3.39. The van der Waals surface area contributed by atoms with Crippen molar-refractivity contribution in [2.45, 2.75) is 19.4 Å². The third-order valence-corrected chi connectivity index (χ3v) is 4.72. The van der Waals surface area contributed by atoms with E-state index in [9.17, 15) is 14.3 Å². The molecule has 0 unspecified atom stereocenters. The topological polar surface area (TPSA) is 98.4 Å². The Kier molecular flexibility index (Phi) is 5.09. The molecule has 3 N–H and O–H groups in total. The van der Waals surface area contributed by atoms with Crippen LogP contribution in [0.4, 0.5) is 4.39 Å². The highest BCUT2D eigenvalue weighted by Gasteiger charge is 2.17. The molecule has 8 heteroatoms. The number of nitrogens with two attached hydrogens (primary N) is 1. The Morgan fingerprint density at radius 1 is 1.10 bits per heavy atom. The average molecular weight is 393 g/mol. The zero-order chi connectivity index (χ0) is 20.4. The van der Waals surface area contributed by atoms with Gasteiger partial charge < -0.3 is 19.8 Å². The first kappa shape index (κ1) is 18.8. The predicted octanol–water partition coefficient (Wildman–Crippen LogP) is 2.41. The van der Waals surface area contributed by atoms with Gasteiger partial charge in [0, 0.05) is 36.7 Å². The van der Waals surface area contributed by atoms with E-state index in [4.69, 9.17) is 5.73 Å². The van der Waals surface area contributed by atoms with Gasteiger partial charge in [-0.3, -0.25) is 4.79 Å². The molecule has 1 aromatic carbocycles. The molecule has 0 atom stereocenters. The number of aliphatic hydroxyl groups is 1. The van der Waals surface area contributed by atoms with E-state index in [0.717, 1.165) is 16.8 Å². The van der Waals surface area contributed by atoms with Gasteiger partial charge in [0.1, 0.15) is 11.5 Å². The van der Waals surface area contributed by atoms with Crippen LogP contribution in [0.2, 0.25) is 0 Å². The van der Waals surface area contributed by atoms with E-state index in [-0.39, 0.29) is 18.8 Å². The van der Waals surface area contributed by atoms with Crippen molar-refractivity contribution in [1.82, 2.24) is 18.9 Å². The molecule has 0 aliphatic heterocycles. The number of nitrogens with zero attached hydrogens (tertiary/aromatic N) is 4. The molecule has 0 aliphatic rings. The predicted molar refractivity (Wildman–Crippen MR) is 106 cm³/mol. The van der Waals surface area contributed by atoms with Gasteiger partial charge in [-0.05, 0) is 42.8 Å². The van der Waals surface area contributed by atoms with Crippen molar-refractivity contribution >= 4 is 11.6 Å². The van der Waals surface area contributed by atoms with Gasteiger partial charge in [-0.2, -0.15) is 0 Å². The Hall–Kier alpha value is -3.52. The van der Waals surface area contributed by atoms with E-state index >= 15 is 0 Å². The number of carbonyl (C=O) groups excluding carboxylic acids is 1. The lowest BCUT2D eigenvalue weighted by atomic mass is 10.1. The van der Waals surface area contributed by atoms with Gasteiger partial charge in [-0.1, -0.05) is 0 Å². The fourth-order valence-corrected chi connectivity index (χ4v) is 3.39. The van der Waals surface area contributed by atoms with Crippen LogP contribution in [0.3, 0.4) is 0 Å². The minimum Gasteiger partial charge on any atom is -0.396 e. The lowest BCUT2D eigenvalue weighted by Crippen LogP contribution is -2.14. The number of hydrogen-bond donors (Lipinski definition) is 2. The highest BCUT2D eigenvalue weighted by molar-refractivity contribution is 5.79. The van der Waals surface area contributed by atoms with Crippen LogP contribution in [0.15, 0.2) is 55.1 Å². The summed E-state index contributed by atoms with van der Waals surface area (Å²) in [4.78, 5) is 20.2. The molecule has 0 spiro atoms. The molecule has 4 aromatic rings. The summed E-state index contributed by atoms with van der Waals surface area (Å²) in [5.74, 6) is -0.747. The van der Waals surface area contributed by atoms with Crippen molar-refractivity contribution in [1.29, 1.82) is 0 Å². The van der Waals surface area contributed by atoms with E-state index in [1.165, 1.54) is 12.1 Å². The van der Waals surface area contributed by atoms with Crippen LogP contribution < -0.4 is 5.73 Å². The molecule has 3 aromatic heterocycles. The molecule has 0 saturated heterocycles. The zero-order valence-corrected chi connectivity index (χ0v) is 15.6. The molecule has 0 radical (unpaired) electrons. The van der Waals surface area contributed by atoms with Gasteiger partial charge in [0.25, 0.3) is 0 Å². The van der Waals surface area contributed by atoms with Crippen molar-refractivity contribution in [3.63, 3.8) is 0 Å². The van der Waals surface area contributed by atoms with E-state index in [2.05, 4.69) is 9.97 Å². The van der Waals surface area contributed by atoms with Gasteiger partial charge in [-0.15, -0.1) is 0 Å². The minimum absolute atomic E-state index is 0.0623. The smallest absolute Gasteiger partial charge is 0.223 e. The maximum atomic E-state index is 13.4. The van der Waals surface area contributed by atoms with Crippen LogP contribution >= 0.6 is 0 Å². The molecule has 3 heterocycles. The number of carbonyl (C=O) groups is 1. The van der Waals surface area contributed by atoms with Crippen LogP contribution in [0, 0.1) is 5.82 Å². The number of aliphatic hydroxyl groups excluding tert-OH is 1. The van der Waals surface area contributed by atoms with Crippen molar-refractivity contribution < 1.29 is 14.3 Å². The van der Waals surface area contributed by atoms with E-state index in [1.54, 1.807) is 24.7 Å². The van der Waals surface area contributed by atoms with Crippen molar-refractivity contribution in [3.8, 4) is 22.5 Å². The number of imidazole rings is 2. The third-order valence-electron chi connectivity index (χ3n) is 4.72. The fraction of sp³-hybridized carbons (Fsp3) is 0.190. The van der Waals surface area contributed by atoms with Gasteiger partial charge in [0.2, 0.25) is 5.91 Å². The molecular weight excluding hydrogens is 373 g/mol. The van der Waals surface area contributed by atoms with Crippen molar-refractivity contribution in [3.05, 3.63) is 66.6 Å². The lowest BCUT2D eigenvalue weighted by molar-refractivity contribution is -0.117. The highest BCUT2D eigenvalue weighted by atomic mass is 19.1. The number of primary amides is 1. The molecule has 4 rings (SSSR count). The monoisotopic (exact) mass is 393 g/mol. The first-order chi connectivity index (χ1) is 14.1. The quantitative estimate of drug-likeness (QED) is 0.504. The standard InChI is InChI=1S/C21H20FN5O2/c22-16-5-2-14(3-6-16)20-21(26(13-25-20)8-1-9-28)15-4-7-19-24-11-17(10-18(23)29)27(19)12-15/h2-7,11-13,28H,1,8-10H2,(H2,23,29). The normalized spacial score (nSPS) is 11.2. The number of amides is 1. The summed E-state index contributed by atoms with van der Waals surface area (Å²) in [6.45, 7) is 0.642. The number of halogens is 1. The molecule has 0 aliphatic carbocycles. The van der Waals surface area contributed by atoms with E-state index < -0.39 is 5.91 Å². The maximum Gasteiger partial charge on any atom is 0.223 e. The van der Waals surface area contributed by atoms with Crippen LogP contribution in [0.25, 0.3) is 28.2 Å². The molecule has 148 valence electrons. The average Bonchev–Trinajstić information content (AvgIpc) is 3.30. The summed E-state index contributed by atoms with van der Waals surface area (Å²) in [6.07, 6.45) is 5.89.